The summed E-state index contributed by atoms with van der Waals surface area (Å²) in [5.74, 6) is 0.679. The van der Waals surface area contributed by atoms with E-state index >= 15 is 0 Å². The summed E-state index contributed by atoms with van der Waals surface area (Å²) in [7, 11) is 0. The van der Waals surface area contributed by atoms with Crippen molar-refractivity contribution in [3.8, 4) is 5.75 Å². The van der Waals surface area contributed by atoms with Gasteiger partial charge in [-0.2, -0.15) is 0 Å². The van der Waals surface area contributed by atoms with Crippen LogP contribution in [0.5, 0.6) is 5.75 Å². The average Bonchev–Trinajstić information content (AvgIpc) is 2.29. The van der Waals surface area contributed by atoms with E-state index in [0.29, 0.717) is 22.9 Å². The third-order valence-corrected chi connectivity index (χ3v) is 3.16. The van der Waals surface area contributed by atoms with E-state index in [-0.39, 0.29) is 17.1 Å². The molecule has 0 spiro atoms. The average molecular weight is 283 g/mol. The van der Waals surface area contributed by atoms with E-state index in [1.54, 1.807) is 18.2 Å². The topological polar surface area (TPSA) is 26.3 Å². The van der Waals surface area contributed by atoms with Crippen LogP contribution in [0.4, 0.5) is 0 Å². The maximum Gasteiger partial charge on any atom is 0.165 e. The molecule has 0 N–H and O–H groups in total. The van der Waals surface area contributed by atoms with Crippen LogP contribution in [0.3, 0.4) is 0 Å². The number of carbonyl (C=O) groups excluding carboxylic acids is 1. The van der Waals surface area contributed by atoms with Crippen LogP contribution in [0.2, 0.25) is 5.02 Å². The highest BCUT2D eigenvalue weighted by Gasteiger charge is 2.14. The Morgan fingerprint density at radius 1 is 1.32 bits per heavy atom. The van der Waals surface area contributed by atoms with Crippen LogP contribution in [-0.4, -0.2) is 12.4 Å². The Kier molecular flexibility index (Phi) is 5.42. The maximum atomic E-state index is 11.9. The first-order valence-corrected chi connectivity index (χ1v) is 7.05. The molecule has 1 aromatic carbocycles. The lowest BCUT2D eigenvalue weighted by Gasteiger charge is -2.18. The molecule has 0 radical (unpaired) electrons. The number of hydrogen-bond donors (Lipinski definition) is 0. The smallest absolute Gasteiger partial charge is 0.165 e. The van der Waals surface area contributed by atoms with Crippen molar-refractivity contribution in [1.29, 1.82) is 0 Å². The molecule has 0 fully saturated rings. The Bertz CT molecular complexity index is 445. The van der Waals surface area contributed by atoms with Crippen LogP contribution >= 0.6 is 11.6 Å². The van der Waals surface area contributed by atoms with Gasteiger partial charge >= 0.3 is 0 Å². The van der Waals surface area contributed by atoms with Crippen LogP contribution in [0.1, 0.15) is 51.4 Å². The fourth-order valence-corrected chi connectivity index (χ4v) is 1.74. The van der Waals surface area contributed by atoms with Gasteiger partial charge in [0.15, 0.2) is 5.78 Å². The number of halogens is 1. The molecule has 0 saturated heterocycles. The zero-order valence-electron chi connectivity index (χ0n) is 12.4. The third-order valence-electron chi connectivity index (χ3n) is 2.85. The molecule has 0 bridgehead atoms. The van der Waals surface area contributed by atoms with E-state index in [1.165, 1.54) is 0 Å². The Labute approximate surface area is 121 Å². The Morgan fingerprint density at radius 2 is 1.95 bits per heavy atom. The standard InChI is InChI=1S/C16H23ClO2/c1-11(2)15(18)12-6-7-13(17)14(10-12)19-9-8-16(3,4)5/h6-7,10-11H,8-9H2,1-5H3. The Morgan fingerprint density at radius 3 is 2.47 bits per heavy atom. The number of carbonyl (C=O) groups is 1. The van der Waals surface area contributed by atoms with Crippen molar-refractivity contribution in [3.05, 3.63) is 28.8 Å². The van der Waals surface area contributed by atoms with Gasteiger partial charge in [0, 0.05) is 11.5 Å². The van der Waals surface area contributed by atoms with E-state index in [0.717, 1.165) is 6.42 Å². The molecular formula is C16H23ClO2. The normalized spacial score (nSPS) is 11.7. The summed E-state index contributed by atoms with van der Waals surface area (Å²) in [6.07, 6.45) is 0.936. The van der Waals surface area contributed by atoms with Gasteiger partial charge in [-0.1, -0.05) is 46.2 Å². The summed E-state index contributed by atoms with van der Waals surface area (Å²) < 4.78 is 5.70. The van der Waals surface area contributed by atoms with Crippen molar-refractivity contribution in [1.82, 2.24) is 0 Å². The molecule has 106 valence electrons. The lowest BCUT2D eigenvalue weighted by molar-refractivity contribution is 0.0939. The summed E-state index contributed by atoms with van der Waals surface area (Å²) in [5.41, 5.74) is 0.878. The molecule has 0 amide bonds. The molecule has 0 unspecified atom stereocenters. The lowest BCUT2D eigenvalue weighted by atomic mass is 9.93. The molecule has 2 nitrogen and oxygen atoms in total. The summed E-state index contributed by atoms with van der Waals surface area (Å²) in [6.45, 7) is 10.9. The zero-order chi connectivity index (χ0) is 14.6. The van der Waals surface area contributed by atoms with Crippen LogP contribution in [0.15, 0.2) is 18.2 Å². The first-order chi connectivity index (χ1) is 8.70. The van der Waals surface area contributed by atoms with Crippen LogP contribution < -0.4 is 4.74 Å². The van der Waals surface area contributed by atoms with Crippen molar-refractivity contribution >= 4 is 17.4 Å². The molecule has 0 aliphatic heterocycles. The molecule has 1 rings (SSSR count). The lowest BCUT2D eigenvalue weighted by Crippen LogP contribution is -2.12. The van der Waals surface area contributed by atoms with Crippen molar-refractivity contribution in [2.24, 2.45) is 11.3 Å². The minimum absolute atomic E-state index is 0.0244. The number of ketones is 1. The minimum Gasteiger partial charge on any atom is -0.492 e. The van der Waals surface area contributed by atoms with Gasteiger partial charge in [-0.05, 0) is 30.0 Å². The van der Waals surface area contributed by atoms with Crippen LogP contribution in [-0.2, 0) is 0 Å². The van der Waals surface area contributed by atoms with E-state index in [2.05, 4.69) is 20.8 Å². The van der Waals surface area contributed by atoms with Crippen molar-refractivity contribution < 1.29 is 9.53 Å². The number of rotatable bonds is 5. The van der Waals surface area contributed by atoms with Gasteiger partial charge in [0.2, 0.25) is 0 Å². The molecule has 0 saturated carbocycles. The molecule has 3 heteroatoms. The molecule has 1 aromatic rings. The molecule has 0 aromatic heterocycles. The predicted molar refractivity (Wildman–Crippen MR) is 80.2 cm³/mol. The van der Waals surface area contributed by atoms with E-state index in [4.69, 9.17) is 16.3 Å². The summed E-state index contributed by atoms with van der Waals surface area (Å²) in [6, 6.07) is 5.22. The molecular weight excluding hydrogens is 260 g/mol. The van der Waals surface area contributed by atoms with Crippen LogP contribution in [0.25, 0.3) is 0 Å². The maximum absolute atomic E-state index is 11.9. The number of hydrogen-bond acceptors (Lipinski definition) is 2. The molecule has 0 aliphatic carbocycles. The highest BCUT2D eigenvalue weighted by atomic mass is 35.5. The summed E-state index contributed by atoms with van der Waals surface area (Å²) in [5, 5.41) is 0.550. The van der Waals surface area contributed by atoms with Gasteiger partial charge in [-0.25, -0.2) is 0 Å². The Hall–Kier alpha value is -1.02. The van der Waals surface area contributed by atoms with Gasteiger partial charge in [0.1, 0.15) is 5.75 Å². The molecule has 19 heavy (non-hydrogen) atoms. The van der Waals surface area contributed by atoms with Crippen molar-refractivity contribution in [2.45, 2.75) is 41.0 Å². The second kappa shape index (κ2) is 6.42. The minimum atomic E-state index is -0.0244. The van der Waals surface area contributed by atoms with E-state index < -0.39 is 0 Å². The van der Waals surface area contributed by atoms with Crippen molar-refractivity contribution in [3.63, 3.8) is 0 Å². The van der Waals surface area contributed by atoms with Gasteiger partial charge < -0.3 is 4.74 Å². The number of benzene rings is 1. The Balaban J connectivity index is 2.78. The van der Waals surface area contributed by atoms with E-state index in [1.807, 2.05) is 13.8 Å². The first kappa shape index (κ1) is 16.0. The molecule has 0 aliphatic rings. The predicted octanol–water partition coefficient (Wildman–Crippen LogP) is 4.99. The summed E-state index contributed by atoms with van der Waals surface area (Å²) >= 11 is 6.09. The largest absolute Gasteiger partial charge is 0.492 e. The third kappa shape index (κ3) is 5.23. The monoisotopic (exact) mass is 282 g/mol. The van der Waals surface area contributed by atoms with Gasteiger partial charge in [-0.3, -0.25) is 4.79 Å². The zero-order valence-corrected chi connectivity index (χ0v) is 13.2. The fraction of sp³-hybridized carbons (Fsp3) is 0.562. The second-order valence-corrected chi connectivity index (χ2v) is 6.73. The molecule has 0 heterocycles. The fourth-order valence-electron chi connectivity index (χ4n) is 1.57. The van der Waals surface area contributed by atoms with Gasteiger partial charge in [0.05, 0.1) is 11.6 Å². The number of ether oxygens (including phenoxy) is 1. The van der Waals surface area contributed by atoms with E-state index in [9.17, 15) is 4.79 Å². The molecule has 0 atom stereocenters. The van der Waals surface area contributed by atoms with Gasteiger partial charge in [0.25, 0.3) is 0 Å². The second-order valence-electron chi connectivity index (χ2n) is 6.32. The number of Topliss-reactive ketones (excluding diaryl/α,β-unsaturated/α-hetero) is 1. The SMILES string of the molecule is CC(C)C(=O)c1ccc(Cl)c(OCCC(C)(C)C)c1. The van der Waals surface area contributed by atoms with Crippen LogP contribution in [0, 0.1) is 11.3 Å². The van der Waals surface area contributed by atoms with Gasteiger partial charge in [-0.15, -0.1) is 0 Å². The van der Waals surface area contributed by atoms with Crippen molar-refractivity contribution in [2.75, 3.05) is 6.61 Å². The first-order valence-electron chi connectivity index (χ1n) is 6.67. The quantitative estimate of drug-likeness (QED) is 0.711. The highest BCUT2D eigenvalue weighted by molar-refractivity contribution is 6.32. The summed E-state index contributed by atoms with van der Waals surface area (Å²) in [4.78, 5) is 11.9. The highest BCUT2D eigenvalue weighted by Crippen LogP contribution is 2.28.